The lowest BCUT2D eigenvalue weighted by Crippen LogP contribution is -2.44. The molecule has 0 bridgehead atoms. The average molecular weight is 271 g/mol. The number of phenolic OH excluding ortho intramolecular Hbond substituents is 1. The third-order valence-electron chi connectivity index (χ3n) is 4.84. The fourth-order valence-electron chi connectivity index (χ4n) is 3.93. The molecule has 2 heterocycles. The molecule has 2 atom stereocenters. The highest BCUT2D eigenvalue weighted by Gasteiger charge is 2.45. The second kappa shape index (κ2) is 4.09. The van der Waals surface area contributed by atoms with Gasteiger partial charge in [0.1, 0.15) is 5.78 Å². The fourth-order valence-corrected chi connectivity index (χ4v) is 3.93. The van der Waals surface area contributed by atoms with Crippen LogP contribution < -0.4 is 4.74 Å². The Labute approximate surface area is 117 Å². The number of carbonyl (C=O) groups excluding carboxylic acids is 1. The van der Waals surface area contributed by atoms with Crippen molar-refractivity contribution >= 4 is 5.78 Å². The summed E-state index contributed by atoms with van der Waals surface area (Å²) in [5.41, 5.74) is 3.51. The summed E-state index contributed by atoms with van der Waals surface area (Å²) in [4.78, 5) is 14.8. The molecule has 0 saturated carbocycles. The summed E-state index contributed by atoms with van der Waals surface area (Å²) in [5.74, 6) is 0.803. The topological polar surface area (TPSA) is 49.8 Å². The van der Waals surface area contributed by atoms with Gasteiger partial charge in [-0.1, -0.05) is 11.6 Å². The van der Waals surface area contributed by atoms with Crippen LogP contribution in [0.5, 0.6) is 11.5 Å². The number of nitrogens with zero attached hydrogens (tertiary/aromatic N) is 1. The van der Waals surface area contributed by atoms with Crippen LogP contribution in [0.4, 0.5) is 0 Å². The van der Waals surface area contributed by atoms with Crippen molar-refractivity contribution in [3.63, 3.8) is 0 Å². The monoisotopic (exact) mass is 271 g/mol. The number of rotatable bonds is 1. The molecule has 104 valence electrons. The van der Waals surface area contributed by atoms with Gasteiger partial charge in [-0.15, -0.1) is 0 Å². The smallest absolute Gasteiger partial charge is 0.160 e. The van der Waals surface area contributed by atoms with E-state index >= 15 is 0 Å². The van der Waals surface area contributed by atoms with Crippen LogP contribution in [0.1, 0.15) is 29.9 Å². The van der Waals surface area contributed by atoms with E-state index in [2.05, 4.69) is 11.0 Å². The Bertz CT molecular complexity index is 635. The summed E-state index contributed by atoms with van der Waals surface area (Å²) >= 11 is 0. The first-order valence-corrected chi connectivity index (χ1v) is 7.04. The third kappa shape index (κ3) is 1.48. The number of Topliss-reactive ketones (excluding diaryl/α,β-unsaturated/α-hetero) is 1. The van der Waals surface area contributed by atoms with Gasteiger partial charge in [-0.25, -0.2) is 0 Å². The lowest BCUT2D eigenvalue weighted by atomic mass is 9.75. The van der Waals surface area contributed by atoms with Crippen molar-refractivity contribution in [3.05, 3.63) is 34.9 Å². The Kier molecular flexibility index (Phi) is 2.45. The number of aromatic hydroxyl groups is 1. The highest BCUT2D eigenvalue weighted by molar-refractivity contribution is 5.91. The Morgan fingerprint density at radius 2 is 2.25 bits per heavy atom. The number of methoxy groups -OCH3 is 1. The zero-order valence-electron chi connectivity index (χ0n) is 11.4. The summed E-state index contributed by atoms with van der Waals surface area (Å²) in [6.07, 6.45) is 3.71. The summed E-state index contributed by atoms with van der Waals surface area (Å²) in [7, 11) is 1.54. The lowest BCUT2D eigenvalue weighted by Gasteiger charge is -2.40. The number of allylic oxidation sites excluding steroid dienone is 1. The minimum Gasteiger partial charge on any atom is -0.504 e. The SMILES string of the molecule is COc1cc2c(cc1O)CN1CCC3=CCC(=O)[C@@H]2[C@@H]31. The molecule has 1 aromatic rings. The molecule has 1 saturated heterocycles. The molecule has 4 nitrogen and oxygen atoms in total. The van der Waals surface area contributed by atoms with E-state index in [9.17, 15) is 9.90 Å². The molecule has 0 radical (unpaired) electrons. The van der Waals surface area contributed by atoms with E-state index in [-0.39, 0.29) is 23.5 Å². The maximum absolute atomic E-state index is 12.4. The van der Waals surface area contributed by atoms with Gasteiger partial charge in [0.05, 0.1) is 13.0 Å². The first-order chi connectivity index (χ1) is 9.69. The summed E-state index contributed by atoms with van der Waals surface area (Å²) < 4.78 is 5.21. The van der Waals surface area contributed by atoms with Gasteiger partial charge in [-0.3, -0.25) is 9.69 Å². The quantitative estimate of drug-likeness (QED) is 0.793. The first-order valence-electron chi connectivity index (χ1n) is 7.04. The molecular formula is C16H17NO3. The largest absolute Gasteiger partial charge is 0.504 e. The van der Waals surface area contributed by atoms with Gasteiger partial charge in [0, 0.05) is 25.6 Å². The maximum atomic E-state index is 12.4. The zero-order valence-corrected chi connectivity index (χ0v) is 11.4. The average Bonchev–Trinajstić information content (AvgIpc) is 2.84. The van der Waals surface area contributed by atoms with Crippen LogP contribution in [0.3, 0.4) is 0 Å². The van der Waals surface area contributed by atoms with Crippen molar-refractivity contribution in [3.8, 4) is 11.5 Å². The number of fused-ring (bicyclic) bond motifs is 2. The van der Waals surface area contributed by atoms with Crippen molar-refractivity contribution in [2.24, 2.45) is 0 Å². The predicted molar refractivity (Wildman–Crippen MR) is 73.9 cm³/mol. The van der Waals surface area contributed by atoms with E-state index in [0.29, 0.717) is 12.2 Å². The molecule has 4 rings (SSSR count). The van der Waals surface area contributed by atoms with Crippen LogP contribution in [0.15, 0.2) is 23.8 Å². The van der Waals surface area contributed by atoms with Crippen molar-refractivity contribution < 1.29 is 14.6 Å². The van der Waals surface area contributed by atoms with Crippen molar-refractivity contribution in [1.82, 2.24) is 4.90 Å². The molecule has 20 heavy (non-hydrogen) atoms. The van der Waals surface area contributed by atoms with Gasteiger partial charge in [-0.05, 0) is 29.7 Å². The lowest BCUT2D eigenvalue weighted by molar-refractivity contribution is -0.121. The van der Waals surface area contributed by atoms with Crippen LogP contribution in [0.25, 0.3) is 0 Å². The van der Waals surface area contributed by atoms with E-state index in [4.69, 9.17) is 4.74 Å². The molecule has 0 unspecified atom stereocenters. The number of phenols is 1. The third-order valence-corrected chi connectivity index (χ3v) is 4.84. The number of benzene rings is 1. The second-order valence-electron chi connectivity index (χ2n) is 5.82. The summed E-state index contributed by atoms with van der Waals surface area (Å²) in [6, 6.07) is 3.85. The maximum Gasteiger partial charge on any atom is 0.160 e. The predicted octanol–water partition coefficient (Wildman–Crippen LogP) is 1.97. The second-order valence-corrected chi connectivity index (χ2v) is 5.82. The number of hydrogen-bond acceptors (Lipinski definition) is 4. The fraction of sp³-hybridized carbons (Fsp3) is 0.438. The summed E-state index contributed by atoms with van der Waals surface area (Å²) in [5, 5.41) is 9.96. The number of ketones is 1. The highest BCUT2D eigenvalue weighted by Crippen LogP contribution is 2.47. The molecule has 2 aliphatic heterocycles. The molecule has 4 heteroatoms. The standard InChI is InChI=1S/C16H17NO3/c1-20-14-7-11-10(6-13(14)19)8-17-5-4-9-2-3-12(18)15(11)16(9)17/h2,6-7,15-16,19H,3-5,8H2,1H3/t15-,16-/m1/s1. The van der Waals surface area contributed by atoms with E-state index in [1.54, 1.807) is 13.2 Å². The Morgan fingerprint density at radius 1 is 1.40 bits per heavy atom. The minimum atomic E-state index is -0.0873. The van der Waals surface area contributed by atoms with Crippen LogP contribution in [0, 0.1) is 0 Å². The minimum absolute atomic E-state index is 0.0873. The van der Waals surface area contributed by atoms with Crippen molar-refractivity contribution in [2.45, 2.75) is 31.3 Å². The molecule has 0 amide bonds. The Morgan fingerprint density at radius 3 is 3.05 bits per heavy atom. The van der Waals surface area contributed by atoms with Gasteiger partial charge in [-0.2, -0.15) is 0 Å². The number of carbonyl (C=O) groups is 1. The molecule has 1 aliphatic carbocycles. The molecular weight excluding hydrogens is 254 g/mol. The van der Waals surface area contributed by atoms with Crippen LogP contribution in [0.2, 0.25) is 0 Å². The zero-order chi connectivity index (χ0) is 13.9. The van der Waals surface area contributed by atoms with Crippen molar-refractivity contribution in [2.75, 3.05) is 13.7 Å². The summed E-state index contributed by atoms with van der Waals surface area (Å²) in [6.45, 7) is 1.81. The molecule has 0 aromatic heterocycles. The van der Waals surface area contributed by atoms with Gasteiger partial charge in [0.2, 0.25) is 0 Å². The van der Waals surface area contributed by atoms with E-state index in [1.165, 1.54) is 5.57 Å². The molecule has 1 aromatic carbocycles. The van der Waals surface area contributed by atoms with Gasteiger partial charge >= 0.3 is 0 Å². The van der Waals surface area contributed by atoms with Crippen LogP contribution in [-0.2, 0) is 11.3 Å². The van der Waals surface area contributed by atoms with Gasteiger partial charge in [0.15, 0.2) is 11.5 Å². The normalized spacial score (nSPS) is 27.9. The van der Waals surface area contributed by atoms with E-state index in [1.807, 2.05) is 6.07 Å². The van der Waals surface area contributed by atoms with Crippen molar-refractivity contribution in [1.29, 1.82) is 0 Å². The molecule has 0 spiro atoms. The molecule has 1 N–H and O–H groups in total. The number of hydrogen-bond donors (Lipinski definition) is 1. The Hall–Kier alpha value is -1.81. The van der Waals surface area contributed by atoms with Gasteiger partial charge < -0.3 is 9.84 Å². The van der Waals surface area contributed by atoms with Crippen LogP contribution in [-0.4, -0.2) is 35.5 Å². The van der Waals surface area contributed by atoms with E-state index in [0.717, 1.165) is 30.6 Å². The highest BCUT2D eigenvalue weighted by atomic mass is 16.5. The van der Waals surface area contributed by atoms with Gasteiger partial charge in [0.25, 0.3) is 0 Å². The van der Waals surface area contributed by atoms with E-state index < -0.39 is 0 Å². The molecule has 1 fully saturated rings. The number of ether oxygens (including phenoxy) is 1. The Balaban J connectivity index is 1.90. The van der Waals surface area contributed by atoms with Crippen LogP contribution >= 0.6 is 0 Å². The molecule has 3 aliphatic rings. The first kappa shape index (κ1) is 12.0.